The third-order valence-electron chi connectivity index (χ3n) is 2.46. The van der Waals surface area contributed by atoms with Crippen molar-refractivity contribution < 1.29 is 9.26 Å². The molecule has 0 spiro atoms. The molecule has 2 aromatic rings. The molecule has 0 aromatic carbocycles. The van der Waals surface area contributed by atoms with E-state index in [0.717, 1.165) is 5.69 Å². The summed E-state index contributed by atoms with van der Waals surface area (Å²) in [6.07, 6.45) is 0.514. The molecule has 0 aliphatic carbocycles. The van der Waals surface area contributed by atoms with Gasteiger partial charge in [-0.05, 0) is 6.07 Å². The van der Waals surface area contributed by atoms with Crippen LogP contribution in [0.5, 0.6) is 5.88 Å². The molecule has 0 atom stereocenters. The number of hydrogen-bond donors (Lipinski definition) is 0. The van der Waals surface area contributed by atoms with Crippen LogP contribution in [-0.4, -0.2) is 22.2 Å². The van der Waals surface area contributed by atoms with Crippen molar-refractivity contribution in [2.24, 2.45) is 0 Å². The molecule has 0 bridgehead atoms. The van der Waals surface area contributed by atoms with Gasteiger partial charge in [0.2, 0.25) is 11.8 Å². The molecule has 0 unspecified atom stereocenters. The molecule has 0 saturated carbocycles. The summed E-state index contributed by atoms with van der Waals surface area (Å²) in [4.78, 5) is 8.68. The minimum absolute atomic E-state index is 0.108. The van der Waals surface area contributed by atoms with Crippen LogP contribution in [0, 0.1) is 0 Å². The topological polar surface area (TPSA) is 61.0 Å². The lowest BCUT2D eigenvalue weighted by atomic mass is 9.96. The maximum Gasteiger partial charge on any atom is 0.232 e. The van der Waals surface area contributed by atoms with Gasteiger partial charge in [0.05, 0.1) is 19.2 Å². The van der Waals surface area contributed by atoms with Crippen LogP contribution in [0.2, 0.25) is 0 Å². The first kappa shape index (κ1) is 12.5. The average molecular weight is 247 g/mol. The molecule has 0 aliphatic rings. The Hall–Kier alpha value is -1.91. The zero-order valence-corrected chi connectivity index (χ0v) is 11.1. The fourth-order valence-corrected chi connectivity index (χ4v) is 1.46. The monoisotopic (exact) mass is 247 g/mol. The van der Waals surface area contributed by atoms with E-state index in [4.69, 9.17) is 9.26 Å². The van der Waals surface area contributed by atoms with Crippen molar-refractivity contribution in [3.05, 3.63) is 35.6 Å². The van der Waals surface area contributed by atoms with Crippen molar-refractivity contribution in [1.29, 1.82) is 0 Å². The molecule has 2 heterocycles. The van der Waals surface area contributed by atoms with Crippen LogP contribution >= 0.6 is 0 Å². The number of ether oxygens (including phenoxy) is 1. The van der Waals surface area contributed by atoms with E-state index in [1.807, 2.05) is 32.9 Å². The van der Waals surface area contributed by atoms with Crippen molar-refractivity contribution in [2.45, 2.75) is 32.6 Å². The number of nitrogens with zero attached hydrogens (tertiary/aromatic N) is 3. The quantitative estimate of drug-likeness (QED) is 0.833. The molecule has 0 amide bonds. The van der Waals surface area contributed by atoms with E-state index in [1.54, 1.807) is 13.2 Å². The minimum atomic E-state index is -0.108. The fourth-order valence-electron chi connectivity index (χ4n) is 1.46. The first-order valence-electron chi connectivity index (χ1n) is 5.82. The second-order valence-corrected chi connectivity index (χ2v) is 5.11. The Morgan fingerprint density at radius 3 is 2.61 bits per heavy atom. The summed E-state index contributed by atoms with van der Waals surface area (Å²) in [7, 11) is 1.59. The Morgan fingerprint density at radius 2 is 2.00 bits per heavy atom. The zero-order chi connectivity index (χ0) is 13.2. The van der Waals surface area contributed by atoms with Crippen molar-refractivity contribution >= 4 is 0 Å². The van der Waals surface area contributed by atoms with Crippen LogP contribution < -0.4 is 4.74 Å². The largest absolute Gasteiger partial charge is 0.481 e. The first-order chi connectivity index (χ1) is 8.49. The van der Waals surface area contributed by atoms with E-state index >= 15 is 0 Å². The Kier molecular flexibility index (Phi) is 3.32. The Bertz CT molecular complexity index is 529. The van der Waals surface area contributed by atoms with E-state index in [9.17, 15) is 0 Å². The number of pyridine rings is 1. The van der Waals surface area contributed by atoms with Crippen LogP contribution in [-0.2, 0) is 11.8 Å². The van der Waals surface area contributed by atoms with Gasteiger partial charge < -0.3 is 9.26 Å². The highest BCUT2D eigenvalue weighted by atomic mass is 16.5. The normalized spacial score (nSPS) is 11.6. The summed E-state index contributed by atoms with van der Waals surface area (Å²) in [6.45, 7) is 6.14. The Balaban J connectivity index is 2.16. The smallest absolute Gasteiger partial charge is 0.232 e. The lowest BCUT2D eigenvalue weighted by Gasteiger charge is -2.10. The van der Waals surface area contributed by atoms with E-state index in [2.05, 4.69) is 15.1 Å². The van der Waals surface area contributed by atoms with Crippen LogP contribution in [0.3, 0.4) is 0 Å². The fraction of sp³-hybridized carbons (Fsp3) is 0.462. The maximum absolute atomic E-state index is 5.23. The van der Waals surface area contributed by atoms with Crippen LogP contribution in [0.1, 0.15) is 38.2 Å². The van der Waals surface area contributed by atoms with Gasteiger partial charge in [-0.25, -0.2) is 4.98 Å². The highest BCUT2D eigenvalue weighted by molar-refractivity contribution is 5.18. The standard InChI is InChI=1S/C13H17N3O2/c1-13(2,3)12-15-11(18-16-12)8-9-6-5-7-10(14-9)17-4/h5-7H,8H2,1-4H3. The summed E-state index contributed by atoms with van der Waals surface area (Å²) in [6, 6.07) is 5.60. The Labute approximate surface area is 106 Å². The van der Waals surface area contributed by atoms with Gasteiger partial charge in [0.25, 0.3) is 0 Å². The number of hydrogen-bond acceptors (Lipinski definition) is 5. The molecule has 5 nitrogen and oxygen atoms in total. The van der Waals surface area contributed by atoms with Crippen molar-refractivity contribution in [3.63, 3.8) is 0 Å². The molecule has 0 fully saturated rings. The van der Waals surface area contributed by atoms with Crippen molar-refractivity contribution in [2.75, 3.05) is 7.11 Å². The summed E-state index contributed by atoms with van der Waals surface area (Å²) >= 11 is 0. The summed E-state index contributed by atoms with van der Waals surface area (Å²) < 4.78 is 10.3. The molecule has 96 valence electrons. The van der Waals surface area contributed by atoms with Crippen LogP contribution in [0.4, 0.5) is 0 Å². The highest BCUT2D eigenvalue weighted by Gasteiger charge is 2.21. The van der Waals surface area contributed by atoms with Crippen LogP contribution in [0.15, 0.2) is 22.7 Å². The van der Waals surface area contributed by atoms with Gasteiger partial charge in [0.1, 0.15) is 0 Å². The first-order valence-corrected chi connectivity index (χ1v) is 5.82. The number of aromatic nitrogens is 3. The van der Waals surface area contributed by atoms with Gasteiger partial charge in [-0.1, -0.05) is 32.0 Å². The van der Waals surface area contributed by atoms with E-state index in [-0.39, 0.29) is 5.41 Å². The molecule has 18 heavy (non-hydrogen) atoms. The average Bonchev–Trinajstić information content (AvgIpc) is 2.77. The second kappa shape index (κ2) is 4.76. The van der Waals surface area contributed by atoms with Gasteiger partial charge in [-0.3, -0.25) is 0 Å². The van der Waals surface area contributed by atoms with E-state index in [0.29, 0.717) is 24.0 Å². The Morgan fingerprint density at radius 1 is 1.22 bits per heavy atom. The number of methoxy groups -OCH3 is 1. The predicted octanol–water partition coefficient (Wildman–Crippen LogP) is 2.36. The van der Waals surface area contributed by atoms with Gasteiger partial charge in [-0.2, -0.15) is 4.98 Å². The van der Waals surface area contributed by atoms with Gasteiger partial charge >= 0.3 is 0 Å². The summed E-state index contributed by atoms with van der Waals surface area (Å²) in [5.41, 5.74) is 0.738. The molecule has 0 N–H and O–H groups in total. The SMILES string of the molecule is COc1cccc(Cc2nc(C(C)(C)C)no2)n1. The van der Waals surface area contributed by atoms with Crippen LogP contribution in [0.25, 0.3) is 0 Å². The van der Waals surface area contributed by atoms with E-state index in [1.165, 1.54) is 0 Å². The highest BCUT2D eigenvalue weighted by Crippen LogP contribution is 2.19. The predicted molar refractivity (Wildman–Crippen MR) is 66.6 cm³/mol. The van der Waals surface area contributed by atoms with Crippen molar-refractivity contribution in [1.82, 2.24) is 15.1 Å². The molecule has 0 aliphatic heterocycles. The maximum atomic E-state index is 5.23. The second-order valence-electron chi connectivity index (χ2n) is 5.11. The van der Waals surface area contributed by atoms with Gasteiger partial charge in [0.15, 0.2) is 5.82 Å². The third kappa shape index (κ3) is 2.85. The lowest BCUT2D eigenvalue weighted by molar-refractivity contribution is 0.366. The molecule has 5 heteroatoms. The number of rotatable bonds is 3. The van der Waals surface area contributed by atoms with Gasteiger partial charge in [-0.15, -0.1) is 0 Å². The molecular formula is C13H17N3O2. The molecule has 2 aromatic heterocycles. The van der Waals surface area contributed by atoms with E-state index < -0.39 is 0 Å². The molecular weight excluding hydrogens is 230 g/mol. The summed E-state index contributed by atoms with van der Waals surface area (Å²) in [5.74, 6) is 1.86. The molecule has 0 radical (unpaired) electrons. The lowest BCUT2D eigenvalue weighted by Crippen LogP contribution is -2.13. The third-order valence-corrected chi connectivity index (χ3v) is 2.46. The molecule has 2 rings (SSSR count). The summed E-state index contributed by atoms with van der Waals surface area (Å²) in [5, 5.41) is 3.98. The van der Waals surface area contributed by atoms with Crippen molar-refractivity contribution in [3.8, 4) is 5.88 Å². The zero-order valence-electron chi connectivity index (χ0n) is 11.1. The van der Waals surface area contributed by atoms with Gasteiger partial charge in [0, 0.05) is 11.5 Å². The minimum Gasteiger partial charge on any atom is -0.481 e. The molecule has 0 saturated heterocycles.